The van der Waals surface area contributed by atoms with Crippen molar-refractivity contribution in [3.8, 4) is 0 Å². The lowest BCUT2D eigenvalue weighted by atomic mass is 9.95. The molecular formula is C15H26N3O5P. The predicted octanol–water partition coefficient (Wildman–Crippen LogP) is 1.58. The third-order valence-electron chi connectivity index (χ3n) is 3.99. The summed E-state index contributed by atoms with van der Waals surface area (Å²) in [5, 5.41) is -1.68. The second kappa shape index (κ2) is 7.61. The smallest absolute Gasteiger partial charge is 0.357 e. The second-order valence-electron chi connectivity index (χ2n) is 6.28. The van der Waals surface area contributed by atoms with E-state index in [1.54, 1.807) is 27.7 Å². The van der Waals surface area contributed by atoms with Gasteiger partial charge in [-0.15, -0.1) is 6.58 Å². The van der Waals surface area contributed by atoms with Crippen molar-refractivity contribution in [1.29, 1.82) is 0 Å². The molecule has 0 aromatic carbocycles. The predicted molar refractivity (Wildman–Crippen MR) is 92.4 cm³/mol. The Labute approximate surface area is 141 Å². The molecule has 0 saturated heterocycles. The van der Waals surface area contributed by atoms with Crippen molar-refractivity contribution in [2.75, 3.05) is 5.73 Å². The molecule has 8 nitrogen and oxygen atoms in total. The van der Waals surface area contributed by atoms with Crippen LogP contribution in [-0.2, 0) is 15.8 Å². The highest BCUT2D eigenvalue weighted by Crippen LogP contribution is 2.59. The van der Waals surface area contributed by atoms with Gasteiger partial charge in [-0.2, -0.15) is 4.98 Å². The molecule has 1 rings (SSSR count). The van der Waals surface area contributed by atoms with Crippen LogP contribution >= 0.6 is 7.60 Å². The summed E-state index contributed by atoms with van der Waals surface area (Å²) in [5.74, 6) is -0.814. The summed E-state index contributed by atoms with van der Waals surface area (Å²) >= 11 is 0. The Bertz CT molecular complexity index is 672. The van der Waals surface area contributed by atoms with Crippen LogP contribution in [0.15, 0.2) is 29.7 Å². The second-order valence-corrected chi connectivity index (χ2v) is 8.07. The molecule has 0 fully saturated rings. The molecule has 24 heavy (non-hydrogen) atoms. The van der Waals surface area contributed by atoms with Gasteiger partial charge in [0, 0.05) is 6.20 Å². The lowest BCUT2D eigenvalue weighted by Crippen LogP contribution is -2.47. The lowest BCUT2D eigenvalue weighted by molar-refractivity contribution is -0.0930. The fourth-order valence-electron chi connectivity index (χ4n) is 2.86. The topological polar surface area (TPSA) is 128 Å². The monoisotopic (exact) mass is 359 g/mol. The molecule has 1 heterocycles. The largest absolute Gasteiger partial charge is 0.383 e. The van der Waals surface area contributed by atoms with Crippen LogP contribution in [0.5, 0.6) is 0 Å². The zero-order valence-electron chi connectivity index (χ0n) is 14.4. The van der Waals surface area contributed by atoms with E-state index in [0.29, 0.717) is 0 Å². The Morgan fingerprint density at radius 3 is 2.33 bits per heavy atom. The van der Waals surface area contributed by atoms with Gasteiger partial charge >= 0.3 is 13.3 Å². The zero-order chi connectivity index (χ0) is 18.7. The summed E-state index contributed by atoms with van der Waals surface area (Å²) < 4.78 is 19.3. The molecule has 9 heteroatoms. The van der Waals surface area contributed by atoms with E-state index in [4.69, 9.17) is 10.5 Å². The van der Waals surface area contributed by atoms with Crippen molar-refractivity contribution in [1.82, 2.24) is 9.55 Å². The molecule has 1 aromatic heterocycles. The minimum absolute atomic E-state index is 0.0246. The Hall–Kier alpha value is -1.47. The Balaban J connectivity index is 3.21. The Kier molecular flexibility index (Phi) is 6.52. The van der Waals surface area contributed by atoms with Gasteiger partial charge in [-0.1, -0.05) is 33.8 Å². The number of aromatic nitrogens is 2. The van der Waals surface area contributed by atoms with E-state index in [1.807, 2.05) is 0 Å². The highest BCUT2D eigenvalue weighted by atomic mass is 31.2. The van der Waals surface area contributed by atoms with Gasteiger partial charge in [0.05, 0.1) is 12.6 Å². The van der Waals surface area contributed by atoms with E-state index < -0.39 is 36.6 Å². The molecule has 0 aliphatic carbocycles. The van der Waals surface area contributed by atoms with Gasteiger partial charge in [-0.05, 0) is 17.9 Å². The average molecular weight is 359 g/mol. The van der Waals surface area contributed by atoms with Gasteiger partial charge in [0.2, 0.25) is 0 Å². The summed E-state index contributed by atoms with van der Waals surface area (Å²) in [4.78, 5) is 35.3. The highest BCUT2D eigenvalue weighted by Gasteiger charge is 2.54. The molecule has 136 valence electrons. The van der Waals surface area contributed by atoms with Crippen molar-refractivity contribution < 1.29 is 19.1 Å². The van der Waals surface area contributed by atoms with Crippen molar-refractivity contribution in [3.63, 3.8) is 0 Å². The van der Waals surface area contributed by atoms with Gasteiger partial charge in [-0.3, -0.25) is 9.13 Å². The van der Waals surface area contributed by atoms with E-state index >= 15 is 0 Å². The molecule has 0 aliphatic heterocycles. The number of anilines is 1. The number of nitrogen functional groups attached to an aromatic ring is 1. The molecule has 0 bridgehead atoms. The molecule has 0 radical (unpaired) electrons. The van der Waals surface area contributed by atoms with Crippen molar-refractivity contribution in [3.05, 3.63) is 35.4 Å². The third-order valence-corrected chi connectivity index (χ3v) is 6.03. The van der Waals surface area contributed by atoms with Crippen LogP contribution in [-0.4, -0.2) is 30.8 Å². The van der Waals surface area contributed by atoms with Gasteiger partial charge in [-0.25, -0.2) is 4.79 Å². The van der Waals surface area contributed by atoms with Crippen LogP contribution in [0.2, 0.25) is 0 Å². The number of hydrogen-bond acceptors (Lipinski definition) is 5. The van der Waals surface area contributed by atoms with Crippen LogP contribution in [0.4, 0.5) is 5.82 Å². The van der Waals surface area contributed by atoms with Gasteiger partial charge in [0.15, 0.2) is 5.34 Å². The molecular weight excluding hydrogens is 333 g/mol. The maximum atomic E-state index is 12.2. The molecule has 0 spiro atoms. The zero-order valence-corrected chi connectivity index (χ0v) is 15.3. The summed E-state index contributed by atoms with van der Waals surface area (Å²) in [6, 6.07) is 1.46. The van der Waals surface area contributed by atoms with E-state index in [9.17, 15) is 19.1 Å². The molecule has 1 atom stereocenters. The van der Waals surface area contributed by atoms with Crippen molar-refractivity contribution in [2.45, 2.75) is 45.7 Å². The van der Waals surface area contributed by atoms with Gasteiger partial charge in [0.25, 0.3) is 0 Å². The average Bonchev–Trinajstić information content (AvgIpc) is 2.43. The fourth-order valence-corrected chi connectivity index (χ4v) is 4.48. The maximum absolute atomic E-state index is 12.2. The summed E-state index contributed by atoms with van der Waals surface area (Å²) in [7, 11) is -4.60. The minimum Gasteiger partial charge on any atom is -0.383 e. The van der Waals surface area contributed by atoms with Crippen molar-refractivity contribution >= 4 is 13.4 Å². The molecule has 1 aromatic rings. The number of hydrogen-bond donors (Lipinski definition) is 3. The van der Waals surface area contributed by atoms with Crippen LogP contribution in [0.1, 0.15) is 27.7 Å². The number of ether oxygens (including phenoxy) is 1. The molecule has 0 amide bonds. The Morgan fingerprint density at radius 1 is 1.42 bits per heavy atom. The summed E-state index contributed by atoms with van der Waals surface area (Å²) in [6.45, 7) is 10.4. The van der Waals surface area contributed by atoms with Crippen LogP contribution in [0.3, 0.4) is 0 Å². The minimum atomic E-state index is -4.60. The van der Waals surface area contributed by atoms with E-state index in [0.717, 1.165) is 0 Å². The molecule has 0 unspecified atom stereocenters. The van der Waals surface area contributed by atoms with Gasteiger partial charge < -0.3 is 20.3 Å². The summed E-state index contributed by atoms with van der Waals surface area (Å²) in [5.41, 5.74) is 4.88. The first-order valence-corrected chi connectivity index (χ1v) is 9.26. The molecule has 4 N–H and O–H groups in total. The standard InChI is InChI=1S/C15H26N3O5P/c1-6-12(9-18-8-7-13(16)17-14(18)19)23-15(10(2)3,11(4)5)24(20,21)22/h6-8,10-12H,1,9H2,2-5H3,(H2,16,17,19)(H2,20,21,22)/t12-/m0/s1. The first-order chi connectivity index (χ1) is 11.0. The number of rotatable bonds is 8. The van der Waals surface area contributed by atoms with E-state index in [1.165, 1.54) is 22.9 Å². The maximum Gasteiger partial charge on any atom is 0.357 e. The van der Waals surface area contributed by atoms with E-state index in [2.05, 4.69) is 11.6 Å². The molecule has 0 aliphatic rings. The quantitative estimate of drug-likeness (QED) is 0.475. The SMILES string of the molecule is C=C[C@@H](Cn1ccc(N)nc1=O)OC(C(C)C)(C(C)C)P(=O)(O)O. The van der Waals surface area contributed by atoms with Crippen LogP contribution in [0, 0.1) is 11.8 Å². The third kappa shape index (κ3) is 4.13. The number of nitrogens with two attached hydrogens (primary N) is 1. The van der Waals surface area contributed by atoms with Crippen LogP contribution < -0.4 is 11.4 Å². The lowest BCUT2D eigenvalue weighted by Gasteiger charge is -2.43. The molecule has 0 saturated carbocycles. The Morgan fingerprint density at radius 2 is 1.96 bits per heavy atom. The first-order valence-electron chi connectivity index (χ1n) is 7.64. The van der Waals surface area contributed by atoms with E-state index in [-0.39, 0.29) is 12.4 Å². The van der Waals surface area contributed by atoms with Crippen LogP contribution in [0.25, 0.3) is 0 Å². The first kappa shape index (κ1) is 20.6. The van der Waals surface area contributed by atoms with Gasteiger partial charge in [0.1, 0.15) is 5.82 Å². The highest BCUT2D eigenvalue weighted by molar-refractivity contribution is 7.53. The fraction of sp³-hybridized carbons (Fsp3) is 0.600. The number of nitrogens with zero attached hydrogens (tertiary/aromatic N) is 2. The summed E-state index contributed by atoms with van der Waals surface area (Å²) in [6.07, 6.45) is 2.08. The normalized spacial score (nSPS) is 14.2. The van der Waals surface area contributed by atoms with Crippen molar-refractivity contribution in [2.24, 2.45) is 11.8 Å².